The fraction of sp³-hybridized carbons (Fsp3) is 0.600. The molecule has 2 saturated heterocycles. The van der Waals surface area contributed by atoms with E-state index in [0.717, 1.165) is 42.9 Å². The molecular formula is C25H33FN4O2S. The van der Waals surface area contributed by atoms with Gasteiger partial charge in [0.2, 0.25) is 0 Å². The minimum absolute atomic E-state index is 0.287. The highest BCUT2D eigenvalue weighted by atomic mass is 32.1. The lowest BCUT2D eigenvalue weighted by Gasteiger charge is -2.36. The zero-order chi connectivity index (χ0) is 22.7. The summed E-state index contributed by atoms with van der Waals surface area (Å²) in [4.78, 5) is 19.9. The van der Waals surface area contributed by atoms with E-state index in [1.807, 2.05) is 24.4 Å². The van der Waals surface area contributed by atoms with Crippen molar-refractivity contribution >= 4 is 17.4 Å². The van der Waals surface area contributed by atoms with Crippen LogP contribution in [0.2, 0.25) is 0 Å². The number of rotatable bonds is 7. The van der Waals surface area contributed by atoms with Gasteiger partial charge >= 0.3 is 6.09 Å². The summed E-state index contributed by atoms with van der Waals surface area (Å²) < 4.78 is 20.9. The van der Waals surface area contributed by atoms with Crippen molar-refractivity contribution in [1.82, 2.24) is 20.5 Å². The molecule has 3 fully saturated rings. The second kappa shape index (κ2) is 10.1. The predicted octanol–water partition coefficient (Wildman–Crippen LogP) is 4.20. The van der Waals surface area contributed by atoms with Gasteiger partial charge in [0.05, 0.1) is 6.61 Å². The van der Waals surface area contributed by atoms with Crippen molar-refractivity contribution in [2.24, 2.45) is 5.92 Å². The first-order chi connectivity index (χ1) is 16.1. The molecule has 0 spiro atoms. The van der Waals surface area contributed by atoms with Crippen molar-refractivity contribution in [2.75, 3.05) is 39.3 Å². The van der Waals surface area contributed by atoms with E-state index in [1.165, 1.54) is 4.88 Å². The van der Waals surface area contributed by atoms with E-state index in [4.69, 9.17) is 4.74 Å². The largest absolute Gasteiger partial charge is 0.449 e. The van der Waals surface area contributed by atoms with Gasteiger partial charge in [0, 0.05) is 61.1 Å². The van der Waals surface area contributed by atoms with Crippen molar-refractivity contribution < 1.29 is 13.9 Å². The maximum absolute atomic E-state index is 15.4. The number of thiazole rings is 1. The molecule has 178 valence electrons. The van der Waals surface area contributed by atoms with E-state index in [9.17, 15) is 4.79 Å². The number of carbonyl (C=O) groups excluding carboxylic acids is 1. The van der Waals surface area contributed by atoms with Crippen LogP contribution >= 0.6 is 11.3 Å². The minimum atomic E-state index is -1.26. The molecule has 2 aromatic rings. The maximum Gasteiger partial charge on any atom is 0.409 e. The molecule has 3 heterocycles. The Hall–Kier alpha value is -2.03. The van der Waals surface area contributed by atoms with Crippen molar-refractivity contribution in [3.63, 3.8) is 0 Å². The molecule has 1 aromatic carbocycles. The fourth-order valence-electron chi connectivity index (χ4n) is 4.82. The average Bonchev–Trinajstić information content (AvgIpc) is 3.48. The van der Waals surface area contributed by atoms with Gasteiger partial charge in [-0.05, 0) is 38.3 Å². The Labute approximate surface area is 198 Å². The smallest absolute Gasteiger partial charge is 0.409 e. The number of nitrogens with one attached hydrogen (secondary N) is 2. The van der Waals surface area contributed by atoms with Crippen LogP contribution in [0.4, 0.5) is 9.18 Å². The van der Waals surface area contributed by atoms with Crippen LogP contribution in [-0.2, 0) is 4.74 Å². The number of hydrogen-bond donors (Lipinski definition) is 2. The zero-order valence-electron chi connectivity index (χ0n) is 19.0. The molecule has 1 saturated carbocycles. The summed E-state index contributed by atoms with van der Waals surface area (Å²) in [6.45, 7) is 3.65. The van der Waals surface area contributed by atoms with Gasteiger partial charge in [0.1, 0.15) is 10.7 Å². The third kappa shape index (κ3) is 5.73. The Morgan fingerprint density at radius 1 is 1.24 bits per heavy atom. The zero-order valence-corrected chi connectivity index (χ0v) is 19.8. The van der Waals surface area contributed by atoms with Crippen LogP contribution in [0.5, 0.6) is 0 Å². The van der Waals surface area contributed by atoms with Gasteiger partial charge < -0.3 is 20.3 Å². The van der Waals surface area contributed by atoms with E-state index in [0.29, 0.717) is 57.0 Å². The number of aromatic nitrogens is 1. The molecule has 8 heteroatoms. The fourth-order valence-corrected chi connectivity index (χ4v) is 5.92. The van der Waals surface area contributed by atoms with Gasteiger partial charge in [-0.15, -0.1) is 11.3 Å². The molecule has 1 aromatic heterocycles. The Kier molecular flexibility index (Phi) is 6.94. The lowest BCUT2D eigenvalue weighted by atomic mass is 9.93. The Balaban J connectivity index is 1.03. The summed E-state index contributed by atoms with van der Waals surface area (Å²) in [5, 5.41) is 7.80. The summed E-state index contributed by atoms with van der Waals surface area (Å²) in [6.07, 6.45) is 5.52. The molecule has 2 aliphatic heterocycles. The number of ether oxygens (including phenoxy) is 1. The van der Waals surface area contributed by atoms with Crippen LogP contribution < -0.4 is 10.6 Å². The second-order valence-corrected chi connectivity index (χ2v) is 10.7. The number of nitrogens with zero attached hydrogens (tertiary/aromatic N) is 2. The molecule has 0 bridgehead atoms. The quantitative estimate of drug-likeness (QED) is 0.632. The normalized spacial score (nSPS) is 25.1. The maximum atomic E-state index is 15.4. The topological polar surface area (TPSA) is 66.5 Å². The lowest BCUT2D eigenvalue weighted by molar-refractivity contribution is 0.0362. The summed E-state index contributed by atoms with van der Waals surface area (Å²) in [7, 11) is 0. The van der Waals surface area contributed by atoms with Crippen LogP contribution in [0.1, 0.15) is 42.9 Å². The van der Waals surface area contributed by atoms with Crippen molar-refractivity contribution in [3.05, 3.63) is 41.4 Å². The van der Waals surface area contributed by atoms with Crippen molar-refractivity contribution in [3.8, 4) is 10.6 Å². The van der Waals surface area contributed by atoms with Gasteiger partial charge in [0.25, 0.3) is 0 Å². The van der Waals surface area contributed by atoms with Gasteiger partial charge in [0.15, 0.2) is 0 Å². The molecule has 3 aliphatic rings. The second-order valence-electron chi connectivity index (χ2n) is 9.67. The first-order valence-corrected chi connectivity index (χ1v) is 13.0. The van der Waals surface area contributed by atoms with Gasteiger partial charge in [-0.1, -0.05) is 30.3 Å². The van der Waals surface area contributed by atoms with Crippen molar-refractivity contribution in [2.45, 2.75) is 49.7 Å². The van der Waals surface area contributed by atoms with E-state index >= 15 is 4.39 Å². The predicted molar refractivity (Wildman–Crippen MR) is 128 cm³/mol. The number of halogens is 1. The number of piperidine rings is 2. The number of carbonyl (C=O) groups is 1. The third-order valence-electron chi connectivity index (χ3n) is 7.20. The SMILES string of the molecule is O=C(OCC1CCNCC1)N1CCC(F)(CNC2CC2c2cnc(-c3ccccc3)s2)CC1. The van der Waals surface area contributed by atoms with Crippen LogP contribution in [-0.4, -0.2) is 67.0 Å². The van der Waals surface area contributed by atoms with E-state index in [1.54, 1.807) is 16.2 Å². The summed E-state index contributed by atoms with van der Waals surface area (Å²) in [6, 6.07) is 10.5. The molecule has 0 radical (unpaired) electrons. The average molecular weight is 473 g/mol. The first kappa shape index (κ1) is 22.7. The van der Waals surface area contributed by atoms with Crippen LogP contribution in [0.3, 0.4) is 0 Å². The van der Waals surface area contributed by atoms with Crippen molar-refractivity contribution in [1.29, 1.82) is 0 Å². The van der Waals surface area contributed by atoms with Gasteiger partial charge in [-0.2, -0.15) is 0 Å². The molecule has 2 atom stereocenters. The Morgan fingerprint density at radius 3 is 2.76 bits per heavy atom. The highest BCUT2D eigenvalue weighted by Crippen LogP contribution is 2.45. The summed E-state index contributed by atoms with van der Waals surface area (Å²) in [5.74, 6) is 0.867. The molecule has 6 nitrogen and oxygen atoms in total. The molecule has 1 amide bonds. The number of hydrogen-bond acceptors (Lipinski definition) is 6. The van der Waals surface area contributed by atoms with Crippen LogP contribution in [0.15, 0.2) is 36.5 Å². The van der Waals surface area contributed by atoms with Gasteiger partial charge in [-0.3, -0.25) is 0 Å². The first-order valence-electron chi connectivity index (χ1n) is 12.2. The number of alkyl halides is 1. The van der Waals surface area contributed by atoms with E-state index in [-0.39, 0.29) is 6.09 Å². The highest BCUT2D eigenvalue weighted by molar-refractivity contribution is 7.15. The third-order valence-corrected chi connectivity index (χ3v) is 8.38. The molecule has 1 aliphatic carbocycles. The number of likely N-dealkylation sites (tertiary alicyclic amines) is 1. The number of amides is 1. The molecule has 33 heavy (non-hydrogen) atoms. The molecule has 2 unspecified atom stereocenters. The highest BCUT2D eigenvalue weighted by Gasteiger charge is 2.43. The molecule has 5 rings (SSSR count). The lowest BCUT2D eigenvalue weighted by Crippen LogP contribution is -2.49. The Bertz CT molecular complexity index is 925. The Morgan fingerprint density at radius 2 is 2.00 bits per heavy atom. The van der Waals surface area contributed by atoms with Crippen LogP contribution in [0, 0.1) is 5.92 Å². The number of benzene rings is 1. The minimum Gasteiger partial charge on any atom is -0.449 e. The molecular weight excluding hydrogens is 439 g/mol. The molecule has 2 N–H and O–H groups in total. The monoisotopic (exact) mass is 472 g/mol. The summed E-state index contributed by atoms with van der Waals surface area (Å²) in [5.41, 5.74) is -0.121. The van der Waals surface area contributed by atoms with E-state index < -0.39 is 5.67 Å². The summed E-state index contributed by atoms with van der Waals surface area (Å²) >= 11 is 1.73. The van der Waals surface area contributed by atoms with E-state index in [2.05, 4.69) is 27.8 Å². The van der Waals surface area contributed by atoms with Gasteiger partial charge in [-0.25, -0.2) is 14.2 Å². The van der Waals surface area contributed by atoms with Crippen LogP contribution in [0.25, 0.3) is 10.6 Å². The standard InChI is InChI=1S/C25H33FN4O2S/c26-25(8-12-30(13-9-25)24(31)32-16-18-6-10-27-11-7-18)17-29-21-14-20(21)22-15-28-23(33-22)19-4-2-1-3-5-19/h1-5,15,18,20-21,27,29H,6-14,16-17H2.